The number of piperidine rings is 1. The summed E-state index contributed by atoms with van der Waals surface area (Å²) in [4.78, 5) is 29.9. The normalized spacial score (nSPS) is 16.1. The van der Waals surface area contributed by atoms with Crippen LogP contribution in [-0.4, -0.2) is 39.2 Å². The Morgan fingerprint density at radius 2 is 2.00 bits per heavy atom. The minimum atomic E-state index is 0.148. The average Bonchev–Trinajstić information content (AvgIpc) is 2.92. The Hall–Kier alpha value is -1.65. The highest BCUT2D eigenvalue weighted by Gasteiger charge is 2.24. The van der Waals surface area contributed by atoms with Crippen LogP contribution in [0.1, 0.15) is 52.3 Å². The predicted molar refractivity (Wildman–Crippen MR) is 90.0 cm³/mol. The Balaban J connectivity index is 1.80. The molecule has 1 aliphatic rings. The van der Waals surface area contributed by atoms with E-state index in [0.717, 1.165) is 44.6 Å². The van der Waals surface area contributed by atoms with Crippen LogP contribution in [0.5, 0.6) is 0 Å². The molecule has 0 N–H and O–H groups in total. The second-order valence-electron chi connectivity index (χ2n) is 7.13. The second kappa shape index (κ2) is 8.27. The van der Waals surface area contributed by atoms with E-state index in [1.165, 1.54) is 0 Å². The summed E-state index contributed by atoms with van der Waals surface area (Å²) in [6.45, 7) is 8.03. The third-order valence-electron chi connectivity index (χ3n) is 4.57. The molecule has 1 saturated heterocycles. The van der Waals surface area contributed by atoms with E-state index in [1.807, 2.05) is 15.7 Å². The van der Waals surface area contributed by atoms with E-state index < -0.39 is 0 Å². The molecular weight excluding hydrogens is 290 g/mol. The molecule has 1 aliphatic heterocycles. The zero-order valence-corrected chi connectivity index (χ0v) is 14.6. The second-order valence-corrected chi connectivity index (χ2v) is 7.13. The molecule has 1 amide bonds. The van der Waals surface area contributed by atoms with Crippen LogP contribution < -0.4 is 0 Å². The molecule has 0 spiro atoms. The first kappa shape index (κ1) is 17.7. The first-order valence-corrected chi connectivity index (χ1v) is 8.73. The van der Waals surface area contributed by atoms with Crippen LogP contribution in [-0.2, 0) is 22.6 Å². The van der Waals surface area contributed by atoms with Gasteiger partial charge in [0, 0.05) is 38.3 Å². The largest absolute Gasteiger partial charge is 0.343 e. The minimum Gasteiger partial charge on any atom is -0.343 e. The highest BCUT2D eigenvalue weighted by Crippen LogP contribution is 2.22. The SMILES string of the molecule is CC(=O)Cn1ccnc1CC1CCN(C(=O)CCC(C)C)CC1. The number of nitrogens with zero attached hydrogens (tertiary/aromatic N) is 3. The van der Waals surface area contributed by atoms with Crippen molar-refractivity contribution in [2.75, 3.05) is 13.1 Å². The molecule has 23 heavy (non-hydrogen) atoms. The summed E-state index contributed by atoms with van der Waals surface area (Å²) in [5.41, 5.74) is 0. The summed E-state index contributed by atoms with van der Waals surface area (Å²) >= 11 is 0. The Morgan fingerprint density at radius 1 is 1.30 bits per heavy atom. The summed E-state index contributed by atoms with van der Waals surface area (Å²) < 4.78 is 1.95. The van der Waals surface area contributed by atoms with E-state index in [-0.39, 0.29) is 5.78 Å². The molecule has 0 saturated carbocycles. The fraction of sp³-hybridized carbons (Fsp3) is 0.722. The van der Waals surface area contributed by atoms with Crippen LogP contribution in [0.3, 0.4) is 0 Å². The number of likely N-dealkylation sites (tertiary alicyclic amines) is 1. The molecule has 0 aromatic carbocycles. The van der Waals surface area contributed by atoms with Gasteiger partial charge in [-0.25, -0.2) is 4.98 Å². The van der Waals surface area contributed by atoms with Gasteiger partial charge in [0.25, 0.3) is 0 Å². The lowest BCUT2D eigenvalue weighted by Gasteiger charge is -2.32. The molecule has 0 atom stereocenters. The zero-order chi connectivity index (χ0) is 16.8. The van der Waals surface area contributed by atoms with Crippen molar-refractivity contribution >= 4 is 11.7 Å². The van der Waals surface area contributed by atoms with E-state index in [2.05, 4.69) is 18.8 Å². The highest BCUT2D eigenvalue weighted by atomic mass is 16.2. The molecule has 5 heteroatoms. The molecule has 1 aromatic heterocycles. The summed E-state index contributed by atoms with van der Waals surface area (Å²) in [5, 5.41) is 0. The third-order valence-corrected chi connectivity index (χ3v) is 4.57. The van der Waals surface area contributed by atoms with Gasteiger partial charge in [-0.3, -0.25) is 9.59 Å². The quantitative estimate of drug-likeness (QED) is 0.776. The van der Waals surface area contributed by atoms with Gasteiger partial charge < -0.3 is 9.47 Å². The van der Waals surface area contributed by atoms with Gasteiger partial charge in [0.15, 0.2) is 0 Å². The van der Waals surface area contributed by atoms with E-state index in [1.54, 1.807) is 13.1 Å². The van der Waals surface area contributed by atoms with Gasteiger partial charge in [0.2, 0.25) is 5.91 Å². The van der Waals surface area contributed by atoms with Crippen LogP contribution >= 0.6 is 0 Å². The topological polar surface area (TPSA) is 55.2 Å². The predicted octanol–water partition coefficient (Wildman–Crippen LogP) is 2.69. The number of carbonyl (C=O) groups is 2. The number of aromatic nitrogens is 2. The molecule has 0 aliphatic carbocycles. The summed E-state index contributed by atoms with van der Waals surface area (Å²) in [6, 6.07) is 0. The number of amides is 1. The van der Waals surface area contributed by atoms with Gasteiger partial charge >= 0.3 is 0 Å². The Labute approximate surface area is 139 Å². The lowest BCUT2D eigenvalue weighted by molar-refractivity contribution is -0.132. The van der Waals surface area contributed by atoms with Crippen molar-refractivity contribution in [3.63, 3.8) is 0 Å². The molecule has 0 unspecified atom stereocenters. The minimum absolute atomic E-state index is 0.148. The van der Waals surface area contributed by atoms with Gasteiger partial charge in [0.1, 0.15) is 11.6 Å². The molecule has 2 heterocycles. The maximum atomic E-state index is 12.2. The van der Waals surface area contributed by atoms with Crippen molar-refractivity contribution in [2.24, 2.45) is 11.8 Å². The van der Waals surface area contributed by atoms with Crippen molar-refractivity contribution in [1.29, 1.82) is 0 Å². The maximum Gasteiger partial charge on any atom is 0.222 e. The van der Waals surface area contributed by atoms with Crippen LogP contribution in [0.2, 0.25) is 0 Å². The van der Waals surface area contributed by atoms with Crippen molar-refractivity contribution < 1.29 is 9.59 Å². The molecular formula is C18H29N3O2. The number of hydrogen-bond acceptors (Lipinski definition) is 3. The van der Waals surface area contributed by atoms with Crippen molar-refractivity contribution in [3.8, 4) is 0 Å². The van der Waals surface area contributed by atoms with Gasteiger partial charge in [-0.1, -0.05) is 13.8 Å². The molecule has 0 bridgehead atoms. The number of imidazole rings is 1. The van der Waals surface area contributed by atoms with E-state index in [0.29, 0.717) is 30.7 Å². The van der Waals surface area contributed by atoms with Crippen LogP contribution in [0.4, 0.5) is 0 Å². The lowest BCUT2D eigenvalue weighted by Crippen LogP contribution is -2.39. The molecule has 0 radical (unpaired) electrons. The lowest BCUT2D eigenvalue weighted by atomic mass is 9.93. The smallest absolute Gasteiger partial charge is 0.222 e. The molecule has 128 valence electrons. The van der Waals surface area contributed by atoms with Gasteiger partial charge in [-0.05, 0) is 38.0 Å². The third kappa shape index (κ3) is 5.48. The van der Waals surface area contributed by atoms with Crippen LogP contribution in [0.15, 0.2) is 12.4 Å². The van der Waals surface area contributed by atoms with E-state index in [4.69, 9.17) is 0 Å². The van der Waals surface area contributed by atoms with E-state index in [9.17, 15) is 9.59 Å². The van der Waals surface area contributed by atoms with Gasteiger partial charge in [-0.15, -0.1) is 0 Å². The standard InChI is InChI=1S/C18H29N3O2/c1-14(2)4-5-18(23)20-9-6-16(7-10-20)12-17-19-8-11-21(17)13-15(3)22/h8,11,14,16H,4-7,9-10,12-13H2,1-3H3. The summed E-state index contributed by atoms with van der Waals surface area (Å²) in [6.07, 6.45) is 8.24. The molecule has 1 fully saturated rings. The Kier molecular flexibility index (Phi) is 6.37. The Morgan fingerprint density at radius 3 is 2.61 bits per heavy atom. The zero-order valence-electron chi connectivity index (χ0n) is 14.6. The monoisotopic (exact) mass is 319 g/mol. The fourth-order valence-corrected chi connectivity index (χ4v) is 3.13. The maximum absolute atomic E-state index is 12.2. The van der Waals surface area contributed by atoms with Crippen LogP contribution in [0, 0.1) is 11.8 Å². The van der Waals surface area contributed by atoms with Crippen molar-refractivity contribution in [3.05, 3.63) is 18.2 Å². The number of carbonyl (C=O) groups excluding carboxylic acids is 2. The Bertz CT molecular complexity index is 528. The number of hydrogen-bond donors (Lipinski definition) is 0. The van der Waals surface area contributed by atoms with Crippen molar-refractivity contribution in [2.45, 2.75) is 59.4 Å². The molecule has 5 nitrogen and oxygen atoms in total. The van der Waals surface area contributed by atoms with Gasteiger partial charge in [0.05, 0.1) is 6.54 Å². The first-order valence-electron chi connectivity index (χ1n) is 8.73. The van der Waals surface area contributed by atoms with Gasteiger partial charge in [-0.2, -0.15) is 0 Å². The highest BCUT2D eigenvalue weighted by molar-refractivity contribution is 5.76. The summed E-state index contributed by atoms with van der Waals surface area (Å²) in [7, 11) is 0. The van der Waals surface area contributed by atoms with E-state index >= 15 is 0 Å². The molecule has 1 aromatic rings. The average molecular weight is 319 g/mol. The van der Waals surface area contributed by atoms with Crippen molar-refractivity contribution in [1.82, 2.24) is 14.5 Å². The fourth-order valence-electron chi connectivity index (χ4n) is 3.13. The number of Topliss-reactive ketones (excluding diaryl/α,β-unsaturated/α-hetero) is 1. The first-order chi connectivity index (χ1) is 11.0. The summed E-state index contributed by atoms with van der Waals surface area (Å²) in [5.74, 6) is 2.57. The van der Waals surface area contributed by atoms with Crippen LogP contribution in [0.25, 0.3) is 0 Å². The molecule has 2 rings (SSSR count). The number of rotatable bonds is 7. The number of ketones is 1.